The van der Waals surface area contributed by atoms with E-state index < -0.39 is 0 Å². The lowest BCUT2D eigenvalue weighted by atomic mass is 9.89. The Morgan fingerprint density at radius 2 is 2.00 bits per heavy atom. The summed E-state index contributed by atoms with van der Waals surface area (Å²) in [4.78, 5) is 0. The molecule has 0 heterocycles. The van der Waals surface area contributed by atoms with Crippen LogP contribution in [0.25, 0.3) is 0 Å². The van der Waals surface area contributed by atoms with Crippen LogP contribution >= 0.6 is 11.6 Å². The van der Waals surface area contributed by atoms with Gasteiger partial charge in [-0.25, -0.2) is 4.39 Å². The van der Waals surface area contributed by atoms with Crippen molar-refractivity contribution in [3.8, 4) is 0 Å². The van der Waals surface area contributed by atoms with Gasteiger partial charge in [-0.3, -0.25) is 0 Å². The molecule has 1 N–H and O–H groups in total. The Hall–Kier alpha value is -0.600. The maximum Gasteiger partial charge on any atom is 0.124 e. The summed E-state index contributed by atoms with van der Waals surface area (Å²) < 4.78 is 12.9. The fraction of sp³-hybridized carbons (Fsp3) is 0.571. The molecule has 0 aliphatic heterocycles. The molecule has 1 aromatic carbocycles. The molecule has 0 bridgehead atoms. The van der Waals surface area contributed by atoms with Crippen LogP contribution in [-0.2, 0) is 6.54 Å². The van der Waals surface area contributed by atoms with Crippen molar-refractivity contribution in [3.63, 3.8) is 0 Å². The summed E-state index contributed by atoms with van der Waals surface area (Å²) in [7, 11) is 0. The van der Waals surface area contributed by atoms with Crippen molar-refractivity contribution >= 4 is 11.6 Å². The van der Waals surface area contributed by atoms with Gasteiger partial charge in [-0.1, -0.05) is 36.9 Å². The highest BCUT2D eigenvalue weighted by molar-refractivity contribution is 6.31. The van der Waals surface area contributed by atoms with Crippen molar-refractivity contribution in [2.24, 2.45) is 5.92 Å². The average molecular weight is 256 g/mol. The lowest BCUT2D eigenvalue weighted by Crippen LogP contribution is -2.24. The third-order valence-electron chi connectivity index (χ3n) is 3.49. The standard InChI is InChI=1S/C14H19ClFN/c15-14-8-13(16)7-6-12(14)10-17-9-11-4-2-1-3-5-11/h6-8,11,17H,1-5,9-10H2. The fourth-order valence-corrected chi connectivity index (χ4v) is 2.70. The molecule has 94 valence electrons. The Morgan fingerprint density at radius 1 is 1.24 bits per heavy atom. The number of rotatable bonds is 4. The first-order valence-electron chi connectivity index (χ1n) is 6.40. The van der Waals surface area contributed by atoms with E-state index in [4.69, 9.17) is 11.6 Å². The predicted octanol–water partition coefficient (Wildman–Crippen LogP) is 4.15. The molecule has 1 fully saturated rings. The molecule has 0 saturated heterocycles. The van der Waals surface area contributed by atoms with Gasteiger partial charge in [-0.15, -0.1) is 0 Å². The lowest BCUT2D eigenvalue weighted by Gasteiger charge is -2.21. The van der Waals surface area contributed by atoms with Gasteiger partial charge in [0, 0.05) is 11.6 Å². The summed E-state index contributed by atoms with van der Waals surface area (Å²) in [5, 5.41) is 3.94. The largest absolute Gasteiger partial charge is 0.312 e. The first kappa shape index (κ1) is 12.8. The molecule has 3 heteroatoms. The molecule has 0 spiro atoms. The molecule has 1 aromatic rings. The second-order valence-electron chi connectivity index (χ2n) is 4.87. The van der Waals surface area contributed by atoms with Gasteiger partial charge < -0.3 is 5.32 Å². The van der Waals surface area contributed by atoms with E-state index >= 15 is 0 Å². The molecule has 0 radical (unpaired) electrons. The van der Waals surface area contributed by atoms with Crippen LogP contribution in [0.3, 0.4) is 0 Å². The van der Waals surface area contributed by atoms with Gasteiger partial charge in [0.1, 0.15) is 5.82 Å². The zero-order valence-electron chi connectivity index (χ0n) is 10.0. The van der Waals surface area contributed by atoms with E-state index in [1.807, 2.05) is 0 Å². The zero-order valence-corrected chi connectivity index (χ0v) is 10.8. The normalized spacial score (nSPS) is 17.3. The van der Waals surface area contributed by atoms with Gasteiger partial charge in [0.2, 0.25) is 0 Å². The van der Waals surface area contributed by atoms with Crippen molar-refractivity contribution in [1.82, 2.24) is 5.32 Å². The van der Waals surface area contributed by atoms with Crippen molar-refractivity contribution in [2.75, 3.05) is 6.54 Å². The SMILES string of the molecule is Fc1ccc(CNCC2CCCCC2)c(Cl)c1. The Morgan fingerprint density at radius 3 is 2.71 bits per heavy atom. The van der Waals surface area contributed by atoms with Crippen LogP contribution in [0, 0.1) is 11.7 Å². The van der Waals surface area contributed by atoms with Crippen molar-refractivity contribution < 1.29 is 4.39 Å². The van der Waals surface area contributed by atoms with E-state index in [-0.39, 0.29) is 5.82 Å². The predicted molar refractivity (Wildman–Crippen MR) is 69.7 cm³/mol. The van der Waals surface area contributed by atoms with E-state index in [0.29, 0.717) is 5.02 Å². The molecular formula is C14H19ClFN. The van der Waals surface area contributed by atoms with Crippen LogP contribution in [0.2, 0.25) is 5.02 Å². The monoisotopic (exact) mass is 255 g/mol. The Kier molecular flexibility index (Phi) is 4.81. The van der Waals surface area contributed by atoms with Crippen LogP contribution in [-0.4, -0.2) is 6.54 Å². The maximum atomic E-state index is 12.9. The summed E-state index contributed by atoms with van der Waals surface area (Å²) in [6.07, 6.45) is 6.79. The fourth-order valence-electron chi connectivity index (χ4n) is 2.47. The highest BCUT2D eigenvalue weighted by atomic mass is 35.5. The number of halogens is 2. The third kappa shape index (κ3) is 3.97. The summed E-state index contributed by atoms with van der Waals surface area (Å²) in [6, 6.07) is 4.59. The smallest absolute Gasteiger partial charge is 0.124 e. The molecule has 1 aliphatic rings. The van der Waals surface area contributed by atoms with E-state index in [1.54, 1.807) is 6.07 Å². The van der Waals surface area contributed by atoms with Gasteiger partial charge in [-0.2, -0.15) is 0 Å². The van der Waals surface area contributed by atoms with E-state index in [9.17, 15) is 4.39 Å². The Labute approximate surface area is 107 Å². The Balaban J connectivity index is 1.77. The van der Waals surface area contributed by atoms with Crippen LogP contribution in [0.15, 0.2) is 18.2 Å². The third-order valence-corrected chi connectivity index (χ3v) is 3.84. The zero-order chi connectivity index (χ0) is 12.1. The second kappa shape index (κ2) is 6.36. The van der Waals surface area contributed by atoms with Crippen LogP contribution in [0.5, 0.6) is 0 Å². The molecule has 0 unspecified atom stereocenters. The lowest BCUT2D eigenvalue weighted by molar-refractivity contribution is 0.342. The summed E-state index contributed by atoms with van der Waals surface area (Å²) in [5.41, 5.74) is 0.976. The minimum atomic E-state index is -0.272. The first-order chi connectivity index (χ1) is 8.25. The number of benzene rings is 1. The minimum Gasteiger partial charge on any atom is -0.312 e. The Bertz CT molecular complexity index is 361. The van der Waals surface area contributed by atoms with Crippen LogP contribution in [0.1, 0.15) is 37.7 Å². The second-order valence-corrected chi connectivity index (χ2v) is 5.28. The molecule has 1 saturated carbocycles. The quantitative estimate of drug-likeness (QED) is 0.852. The van der Waals surface area contributed by atoms with Crippen molar-refractivity contribution in [2.45, 2.75) is 38.6 Å². The van der Waals surface area contributed by atoms with Gasteiger partial charge >= 0.3 is 0 Å². The minimum absolute atomic E-state index is 0.272. The van der Waals surface area contributed by atoms with Gasteiger partial charge in [0.05, 0.1) is 0 Å². The highest BCUT2D eigenvalue weighted by Gasteiger charge is 2.12. The summed E-state index contributed by atoms with van der Waals surface area (Å²) >= 11 is 5.97. The van der Waals surface area contributed by atoms with E-state index in [0.717, 1.165) is 24.6 Å². The molecule has 1 nitrogen and oxygen atoms in total. The maximum absolute atomic E-state index is 12.9. The molecule has 1 aliphatic carbocycles. The molecule has 17 heavy (non-hydrogen) atoms. The average Bonchev–Trinajstić information content (AvgIpc) is 2.33. The molecule has 0 amide bonds. The molecular weight excluding hydrogens is 237 g/mol. The van der Waals surface area contributed by atoms with E-state index in [1.165, 1.54) is 44.2 Å². The van der Waals surface area contributed by atoms with E-state index in [2.05, 4.69) is 5.32 Å². The summed E-state index contributed by atoms with van der Waals surface area (Å²) in [6.45, 7) is 1.78. The van der Waals surface area contributed by atoms with Crippen LogP contribution < -0.4 is 5.32 Å². The van der Waals surface area contributed by atoms with Crippen LogP contribution in [0.4, 0.5) is 4.39 Å². The van der Waals surface area contributed by atoms with Gasteiger partial charge in [0.25, 0.3) is 0 Å². The van der Waals surface area contributed by atoms with Crippen molar-refractivity contribution in [3.05, 3.63) is 34.6 Å². The highest BCUT2D eigenvalue weighted by Crippen LogP contribution is 2.23. The molecule has 0 atom stereocenters. The van der Waals surface area contributed by atoms with Crippen molar-refractivity contribution in [1.29, 1.82) is 0 Å². The first-order valence-corrected chi connectivity index (χ1v) is 6.78. The number of hydrogen-bond donors (Lipinski definition) is 1. The molecule has 0 aromatic heterocycles. The molecule has 2 rings (SSSR count). The van der Waals surface area contributed by atoms with Gasteiger partial charge in [0.15, 0.2) is 0 Å². The summed E-state index contributed by atoms with van der Waals surface area (Å²) in [5.74, 6) is 0.536. The number of hydrogen-bond acceptors (Lipinski definition) is 1. The topological polar surface area (TPSA) is 12.0 Å². The number of nitrogens with one attached hydrogen (secondary N) is 1. The van der Waals surface area contributed by atoms with Gasteiger partial charge in [-0.05, 0) is 43.0 Å².